The van der Waals surface area contributed by atoms with Crippen molar-refractivity contribution in [3.05, 3.63) is 42.0 Å². The van der Waals surface area contributed by atoms with E-state index in [0.717, 1.165) is 17.1 Å². The molecule has 0 unspecified atom stereocenters. The number of benzene rings is 1. The second-order valence-electron chi connectivity index (χ2n) is 5.41. The summed E-state index contributed by atoms with van der Waals surface area (Å²) in [6.45, 7) is 7.19. The molecule has 112 valence electrons. The van der Waals surface area contributed by atoms with Gasteiger partial charge < -0.3 is 9.88 Å². The molecule has 0 saturated heterocycles. The molecule has 0 radical (unpaired) electrons. The van der Waals surface area contributed by atoms with E-state index in [0.29, 0.717) is 5.69 Å². The fourth-order valence-electron chi connectivity index (χ4n) is 1.80. The van der Waals surface area contributed by atoms with Crippen molar-refractivity contribution in [2.75, 3.05) is 5.32 Å². The van der Waals surface area contributed by atoms with E-state index in [1.165, 1.54) is 0 Å². The van der Waals surface area contributed by atoms with Gasteiger partial charge in [0.15, 0.2) is 5.60 Å². The molecule has 1 aromatic carbocycles. The summed E-state index contributed by atoms with van der Waals surface area (Å²) >= 11 is 0. The van der Waals surface area contributed by atoms with Gasteiger partial charge in [-0.05, 0) is 52.0 Å². The van der Waals surface area contributed by atoms with Gasteiger partial charge >= 0.3 is 0 Å². The highest BCUT2D eigenvalue weighted by Gasteiger charge is 2.27. The minimum Gasteiger partial charge on any atom is -0.324 e. The average molecular weight is 288 g/mol. The van der Waals surface area contributed by atoms with Crippen molar-refractivity contribution in [1.82, 2.24) is 9.55 Å². The SMILES string of the molecule is Cc1ncn(-c2ccc(NC(=O)C(C)(C)ON)cc2)c1C. The first-order valence-electron chi connectivity index (χ1n) is 6.65. The molecule has 0 bridgehead atoms. The molecule has 21 heavy (non-hydrogen) atoms. The van der Waals surface area contributed by atoms with Gasteiger partial charge in [0.1, 0.15) is 0 Å². The Bertz CT molecular complexity index is 644. The Hall–Kier alpha value is -2.18. The van der Waals surface area contributed by atoms with Crippen molar-refractivity contribution in [1.29, 1.82) is 0 Å². The molecule has 2 rings (SSSR count). The number of carbonyl (C=O) groups is 1. The van der Waals surface area contributed by atoms with Crippen molar-refractivity contribution >= 4 is 11.6 Å². The van der Waals surface area contributed by atoms with Gasteiger partial charge in [0.25, 0.3) is 5.91 Å². The third kappa shape index (κ3) is 3.12. The number of carbonyl (C=O) groups excluding carboxylic acids is 1. The standard InChI is InChI=1S/C15H20N4O2/c1-10-11(2)19(9-17-10)13-7-5-12(6-8-13)18-14(20)15(3,4)21-16/h5-9H,16H2,1-4H3,(H,18,20). The minimum atomic E-state index is -1.07. The van der Waals surface area contributed by atoms with Crippen LogP contribution in [-0.4, -0.2) is 21.1 Å². The zero-order chi connectivity index (χ0) is 15.6. The maximum atomic E-state index is 11.9. The van der Waals surface area contributed by atoms with Crippen molar-refractivity contribution in [3.8, 4) is 5.69 Å². The molecular formula is C15H20N4O2. The van der Waals surface area contributed by atoms with Crippen LogP contribution in [-0.2, 0) is 9.63 Å². The maximum absolute atomic E-state index is 11.9. The monoisotopic (exact) mass is 288 g/mol. The molecule has 0 spiro atoms. The zero-order valence-corrected chi connectivity index (χ0v) is 12.7. The highest BCUT2D eigenvalue weighted by atomic mass is 16.6. The van der Waals surface area contributed by atoms with Crippen molar-refractivity contribution in [2.24, 2.45) is 5.90 Å². The predicted octanol–water partition coefficient (Wildman–Crippen LogP) is 2.10. The largest absolute Gasteiger partial charge is 0.324 e. The summed E-state index contributed by atoms with van der Waals surface area (Å²) in [5.41, 5.74) is 2.68. The smallest absolute Gasteiger partial charge is 0.258 e. The van der Waals surface area contributed by atoms with Gasteiger partial charge in [-0.15, -0.1) is 0 Å². The van der Waals surface area contributed by atoms with E-state index >= 15 is 0 Å². The summed E-state index contributed by atoms with van der Waals surface area (Å²) in [5.74, 6) is 4.81. The molecule has 0 saturated carbocycles. The van der Waals surface area contributed by atoms with Gasteiger partial charge in [-0.2, -0.15) is 0 Å². The molecule has 1 aromatic heterocycles. The summed E-state index contributed by atoms with van der Waals surface area (Å²) in [6.07, 6.45) is 1.78. The molecule has 0 fully saturated rings. The lowest BCUT2D eigenvalue weighted by atomic mass is 10.1. The Morgan fingerprint density at radius 1 is 1.29 bits per heavy atom. The Morgan fingerprint density at radius 3 is 2.38 bits per heavy atom. The fourth-order valence-corrected chi connectivity index (χ4v) is 1.80. The second kappa shape index (κ2) is 5.67. The molecule has 0 atom stereocenters. The molecule has 6 nitrogen and oxygen atoms in total. The lowest BCUT2D eigenvalue weighted by Crippen LogP contribution is -2.41. The summed E-state index contributed by atoms with van der Waals surface area (Å²) in [6, 6.07) is 7.49. The van der Waals surface area contributed by atoms with Crippen molar-refractivity contribution in [2.45, 2.75) is 33.3 Å². The highest BCUT2D eigenvalue weighted by molar-refractivity contribution is 5.96. The van der Waals surface area contributed by atoms with Gasteiger partial charge in [-0.25, -0.2) is 10.9 Å². The zero-order valence-electron chi connectivity index (χ0n) is 12.7. The number of nitrogens with zero attached hydrogens (tertiary/aromatic N) is 2. The van der Waals surface area contributed by atoms with Crippen LogP contribution in [0.25, 0.3) is 5.69 Å². The number of hydrogen-bond acceptors (Lipinski definition) is 4. The lowest BCUT2D eigenvalue weighted by molar-refractivity contribution is -0.137. The topological polar surface area (TPSA) is 82.2 Å². The van der Waals surface area contributed by atoms with Crippen LogP contribution in [0.4, 0.5) is 5.69 Å². The number of imidazole rings is 1. The number of anilines is 1. The van der Waals surface area contributed by atoms with E-state index < -0.39 is 5.60 Å². The number of nitrogens with one attached hydrogen (secondary N) is 1. The second-order valence-corrected chi connectivity index (χ2v) is 5.41. The molecule has 2 aromatic rings. The predicted molar refractivity (Wildman–Crippen MR) is 81.0 cm³/mol. The third-order valence-electron chi connectivity index (χ3n) is 3.50. The van der Waals surface area contributed by atoms with E-state index in [9.17, 15) is 4.79 Å². The minimum absolute atomic E-state index is 0.299. The van der Waals surface area contributed by atoms with E-state index in [4.69, 9.17) is 5.90 Å². The Labute approximate surface area is 123 Å². The molecular weight excluding hydrogens is 268 g/mol. The van der Waals surface area contributed by atoms with Crippen LogP contribution < -0.4 is 11.2 Å². The van der Waals surface area contributed by atoms with Crippen molar-refractivity contribution < 1.29 is 9.63 Å². The van der Waals surface area contributed by atoms with Crippen LogP contribution in [0, 0.1) is 13.8 Å². The number of aryl methyl sites for hydroxylation is 1. The van der Waals surface area contributed by atoms with Crippen LogP contribution in [0.3, 0.4) is 0 Å². The van der Waals surface area contributed by atoms with Crippen LogP contribution in [0.15, 0.2) is 30.6 Å². The average Bonchev–Trinajstić information content (AvgIpc) is 2.80. The first-order chi connectivity index (χ1) is 9.85. The fraction of sp³-hybridized carbons (Fsp3) is 0.333. The maximum Gasteiger partial charge on any atom is 0.258 e. The van der Waals surface area contributed by atoms with E-state index in [-0.39, 0.29) is 5.91 Å². The number of rotatable bonds is 4. The highest BCUT2D eigenvalue weighted by Crippen LogP contribution is 2.18. The Morgan fingerprint density at radius 2 is 1.90 bits per heavy atom. The molecule has 1 amide bonds. The van der Waals surface area contributed by atoms with Crippen LogP contribution in [0.5, 0.6) is 0 Å². The number of aromatic nitrogens is 2. The lowest BCUT2D eigenvalue weighted by Gasteiger charge is -2.20. The van der Waals surface area contributed by atoms with E-state index in [1.807, 2.05) is 42.7 Å². The first kappa shape index (κ1) is 15.2. The summed E-state index contributed by atoms with van der Waals surface area (Å²) in [5, 5.41) is 2.76. The van der Waals surface area contributed by atoms with Crippen LogP contribution >= 0.6 is 0 Å². The van der Waals surface area contributed by atoms with Gasteiger partial charge in [0.05, 0.1) is 12.0 Å². The van der Waals surface area contributed by atoms with Gasteiger partial charge in [0.2, 0.25) is 0 Å². The summed E-state index contributed by atoms with van der Waals surface area (Å²) < 4.78 is 1.99. The number of amides is 1. The molecule has 1 heterocycles. The van der Waals surface area contributed by atoms with Crippen molar-refractivity contribution in [3.63, 3.8) is 0 Å². The molecule has 6 heteroatoms. The van der Waals surface area contributed by atoms with Gasteiger partial charge in [-0.3, -0.25) is 9.63 Å². The molecule has 0 aliphatic carbocycles. The Balaban J connectivity index is 2.17. The molecule has 0 aliphatic heterocycles. The van der Waals surface area contributed by atoms with E-state index in [2.05, 4.69) is 15.1 Å². The quantitative estimate of drug-likeness (QED) is 0.844. The first-order valence-corrected chi connectivity index (χ1v) is 6.65. The summed E-state index contributed by atoms with van der Waals surface area (Å²) in [4.78, 5) is 20.9. The summed E-state index contributed by atoms with van der Waals surface area (Å²) in [7, 11) is 0. The Kier molecular flexibility index (Phi) is 4.11. The van der Waals surface area contributed by atoms with Crippen LogP contribution in [0.2, 0.25) is 0 Å². The number of hydrogen-bond donors (Lipinski definition) is 2. The van der Waals surface area contributed by atoms with Gasteiger partial charge in [0, 0.05) is 17.1 Å². The molecule has 3 N–H and O–H groups in total. The van der Waals surface area contributed by atoms with Gasteiger partial charge in [-0.1, -0.05) is 0 Å². The number of nitrogens with two attached hydrogens (primary N) is 1. The molecule has 0 aliphatic rings. The van der Waals surface area contributed by atoms with Crippen LogP contribution in [0.1, 0.15) is 25.2 Å². The normalized spacial score (nSPS) is 11.5. The van der Waals surface area contributed by atoms with E-state index in [1.54, 1.807) is 20.2 Å². The third-order valence-corrected chi connectivity index (χ3v) is 3.50.